The molecule has 0 saturated carbocycles. The number of hydrogen-bond donors (Lipinski definition) is 3. The Balaban J connectivity index is 1.24. The first kappa shape index (κ1) is 30.7. The molecule has 43 heavy (non-hydrogen) atoms. The molecule has 2 fully saturated rings. The number of carbonyl (C=O) groups is 2. The number of rotatable bonds is 10. The summed E-state index contributed by atoms with van der Waals surface area (Å²) in [5.41, 5.74) is 4.17. The number of nitrogens with zero attached hydrogens (tertiary/aromatic N) is 1. The van der Waals surface area contributed by atoms with Gasteiger partial charge in [0, 0.05) is 43.7 Å². The fraction of sp³-hybridized carbons (Fsp3) is 0.394. The van der Waals surface area contributed by atoms with Crippen molar-refractivity contribution < 1.29 is 33.6 Å². The molecule has 0 radical (unpaired) electrons. The second-order valence-corrected chi connectivity index (χ2v) is 10.7. The van der Waals surface area contributed by atoms with Gasteiger partial charge in [-0.3, -0.25) is 4.90 Å². The van der Waals surface area contributed by atoms with E-state index in [1.165, 1.54) is 7.11 Å². The lowest BCUT2D eigenvalue weighted by Gasteiger charge is -2.39. The van der Waals surface area contributed by atoms with Crippen LogP contribution in [0.1, 0.15) is 41.1 Å². The summed E-state index contributed by atoms with van der Waals surface area (Å²) in [6, 6.07) is 23.2. The highest BCUT2D eigenvalue weighted by Gasteiger charge is 2.33. The number of benzene rings is 3. The molecule has 0 unspecified atom stereocenters. The van der Waals surface area contributed by atoms with E-state index in [1.54, 1.807) is 12.1 Å². The minimum Gasteiger partial charge on any atom is -0.467 e. The van der Waals surface area contributed by atoms with Gasteiger partial charge in [-0.05, 0) is 28.8 Å². The number of esters is 1. The molecule has 5 rings (SSSR count). The lowest BCUT2D eigenvalue weighted by atomic mass is 9.99. The Kier molecular flexibility index (Phi) is 10.8. The van der Waals surface area contributed by atoms with E-state index in [0.29, 0.717) is 31.7 Å². The topological polar surface area (TPSA) is 119 Å². The summed E-state index contributed by atoms with van der Waals surface area (Å²) in [6.45, 7) is 3.93. The van der Waals surface area contributed by atoms with E-state index in [9.17, 15) is 14.7 Å². The Labute approximate surface area is 251 Å². The van der Waals surface area contributed by atoms with Gasteiger partial charge in [-0.2, -0.15) is 0 Å². The first-order chi connectivity index (χ1) is 21.0. The summed E-state index contributed by atoms with van der Waals surface area (Å²) < 4.78 is 23.3. The van der Waals surface area contributed by atoms with Crippen LogP contribution in [0.2, 0.25) is 0 Å². The van der Waals surface area contributed by atoms with Crippen LogP contribution in [0.15, 0.2) is 78.9 Å². The van der Waals surface area contributed by atoms with E-state index < -0.39 is 24.3 Å². The zero-order valence-corrected chi connectivity index (χ0v) is 24.3. The molecule has 10 heteroatoms. The van der Waals surface area contributed by atoms with Gasteiger partial charge in [-0.1, -0.05) is 66.7 Å². The fourth-order valence-electron chi connectivity index (χ4n) is 5.34. The van der Waals surface area contributed by atoms with Gasteiger partial charge in [0.1, 0.15) is 6.04 Å². The summed E-state index contributed by atoms with van der Waals surface area (Å²) in [5, 5.41) is 15.0. The molecule has 10 nitrogen and oxygen atoms in total. The third kappa shape index (κ3) is 8.62. The number of ether oxygens (including phenoxy) is 4. The number of amides is 2. The maximum absolute atomic E-state index is 12.8. The first-order valence-corrected chi connectivity index (χ1v) is 14.6. The van der Waals surface area contributed by atoms with Gasteiger partial charge in [0.15, 0.2) is 6.29 Å². The lowest BCUT2D eigenvalue weighted by molar-refractivity contribution is -0.253. The molecule has 3 N–H and O–H groups in total. The highest BCUT2D eigenvalue weighted by Crippen LogP contribution is 2.38. The van der Waals surface area contributed by atoms with Crippen LogP contribution in [0, 0.1) is 0 Å². The largest absolute Gasteiger partial charge is 0.467 e. The number of urea groups is 1. The van der Waals surface area contributed by atoms with E-state index >= 15 is 0 Å². The maximum atomic E-state index is 12.8. The maximum Gasteiger partial charge on any atom is 0.328 e. The van der Waals surface area contributed by atoms with Gasteiger partial charge in [0.05, 0.1) is 39.1 Å². The number of nitrogens with one attached hydrogen (secondary N) is 2. The molecule has 228 valence electrons. The van der Waals surface area contributed by atoms with Crippen molar-refractivity contribution in [3.05, 3.63) is 101 Å². The molecule has 2 amide bonds. The van der Waals surface area contributed by atoms with Crippen LogP contribution in [0.25, 0.3) is 0 Å². The minimum absolute atomic E-state index is 0.00796. The normalized spacial score (nSPS) is 21.5. The Bertz CT molecular complexity index is 1310. The molecular formula is C33H39N3O7. The number of carbonyl (C=O) groups excluding carboxylic acids is 2. The zero-order valence-electron chi connectivity index (χ0n) is 24.3. The number of aliphatic hydroxyl groups is 1. The Morgan fingerprint density at radius 1 is 0.930 bits per heavy atom. The molecule has 2 aliphatic heterocycles. The van der Waals surface area contributed by atoms with Gasteiger partial charge in [-0.25, -0.2) is 9.59 Å². The van der Waals surface area contributed by atoms with Gasteiger partial charge < -0.3 is 34.7 Å². The first-order valence-electron chi connectivity index (χ1n) is 14.6. The van der Waals surface area contributed by atoms with E-state index in [1.807, 2.05) is 66.7 Å². The molecule has 0 spiro atoms. The average molecular weight is 590 g/mol. The summed E-state index contributed by atoms with van der Waals surface area (Å²) in [5.74, 6) is -0.520. The van der Waals surface area contributed by atoms with E-state index in [0.717, 1.165) is 41.9 Å². The Morgan fingerprint density at radius 3 is 2.30 bits per heavy atom. The van der Waals surface area contributed by atoms with Gasteiger partial charge in [-0.15, -0.1) is 0 Å². The quantitative estimate of drug-likeness (QED) is 0.304. The zero-order chi connectivity index (χ0) is 30.0. The van der Waals surface area contributed by atoms with Crippen molar-refractivity contribution in [1.82, 2.24) is 10.2 Å². The second-order valence-electron chi connectivity index (χ2n) is 10.7. The van der Waals surface area contributed by atoms with Crippen LogP contribution in [0.4, 0.5) is 10.5 Å². The predicted octanol–water partition coefficient (Wildman–Crippen LogP) is 3.96. The second kappa shape index (κ2) is 15.1. The standard InChI is InChI=1S/C33H39N3O7/c1-40-31(38)29(19-23-5-3-2-4-6-23)35-33(39)34-27-13-11-26(12-14-27)32-42-28(21-36-15-17-41-18-16-36)20-30(43-32)25-9-7-24(22-37)8-10-25/h2-14,28-30,32,37H,15-22H2,1H3,(H2,34,35,39)/t28-,29-,30+,32+/m0/s1. The fourth-order valence-corrected chi connectivity index (χ4v) is 5.34. The lowest BCUT2D eigenvalue weighted by Crippen LogP contribution is -2.45. The average Bonchev–Trinajstić information content (AvgIpc) is 3.05. The number of morpholine rings is 1. The van der Waals surface area contributed by atoms with E-state index in [4.69, 9.17) is 18.9 Å². The number of hydrogen-bond acceptors (Lipinski definition) is 8. The van der Waals surface area contributed by atoms with Gasteiger partial charge in [0.2, 0.25) is 0 Å². The minimum atomic E-state index is -0.831. The summed E-state index contributed by atoms with van der Waals surface area (Å²) >= 11 is 0. The molecule has 2 heterocycles. The van der Waals surface area contributed by atoms with E-state index in [-0.39, 0.29) is 18.8 Å². The molecule has 2 saturated heterocycles. The van der Waals surface area contributed by atoms with Crippen LogP contribution in [-0.4, -0.2) is 74.1 Å². The van der Waals surface area contributed by atoms with Crippen molar-refractivity contribution >= 4 is 17.7 Å². The molecule has 0 aromatic heterocycles. The summed E-state index contributed by atoms with van der Waals surface area (Å²) in [6.07, 6.45) is 0.186. The summed E-state index contributed by atoms with van der Waals surface area (Å²) in [4.78, 5) is 27.5. The van der Waals surface area contributed by atoms with Crippen molar-refractivity contribution in [3.63, 3.8) is 0 Å². The molecular weight excluding hydrogens is 550 g/mol. The highest BCUT2D eigenvalue weighted by atomic mass is 16.7. The van der Waals surface area contributed by atoms with Crippen molar-refractivity contribution in [2.24, 2.45) is 0 Å². The van der Waals surface area contributed by atoms with Crippen LogP contribution >= 0.6 is 0 Å². The number of aliphatic hydroxyl groups excluding tert-OH is 1. The van der Waals surface area contributed by atoms with Gasteiger partial charge >= 0.3 is 12.0 Å². The van der Waals surface area contributed by atoms with Crippen LogP contribution in [0.3, 0.4) is 0 Å². The van der Waals surface area contributed by atoms with E-state index in [2.05, 4.69) is 15.5 Å². The van der Waals surface area contributed by atoms with Crippen molar-refractivity contribution in [3.8, 4) is 0 Å². The number of anilines is 1. The molecule has 4 atom stereocenters. The SMILES string of the molecule is COC(=O)[C@H](Cc1ccccc1)NC(=O)Nc1ccc([C@@H]2O[C@H](CN3CCOCC3)C[C@H](c3ccc(CO)cc3)O2)cc1. The number of methoxy groups -OCH3 is 1. The van der Waals surface area contributed by atoms with Crippen LogP contribution in [0.5, 0.6) is 0 Å². The Morgan fingerprint density at radius 2 is 1.63 bits per heavy atom. The van der Waals surface area contributed by atoms with Crippen LogP contribution < -0.4 is 10.6 Å². The smallest absolute Gasteiger partial charge is 0.328 e. The molecule has 0 aliphatic carbocycles. The van der Waals surface area contributed by atoms with Crippen LogP contribution in [-0.2, 0) is 36.8 Å². The summed E-state index contributed by atoms with van der Waals surface area (Å²) in [7, 11) is 1.30. The Hall–Kier alpha value is -3.80. The monoisotopic (exact) mass is 589 g/mol. The molecule has 2 aliphatic rings. The third-order valence-electron chi connectivity index (χ3n) is 7.69. The molecule has 3 aromatic carbocycles. The molecule has 0 bridgehead atoms. The third-order valence-corrected chi connectivity index (χ3v) is 7.69. The highest BCUT2D eigenvalue weighted by molar-refractivity contribution is 5.92. The predicted molar refractivity (Wildman–Crippen MR) is 160 cm³/mol. The van der Waals surface area contributed by atoms with Crippen molar-refractivity contribution in [1.29, 1.82) is 0 Å². The van der Waals surface area contributed by atoms with Crippen molar-refractivity contribution in [2.45, 2.75) is 44.0 Å². The van der Waals surface area contributed by atoms with Gasteiger partial charge in [0.25, 0.3) is 0 Å². The molecule has 3 aromatic rings. The van der Waals surface area contributed by atoms with Crippen molar-refractivity contribution in [2.75, 3.05) is 45.3 Å².